The van der Waals surface area contributed by atoms with Crippen molar-refractivity contribution in [3.63, 3.8) is 0 Å². The van der Waals surface area contributed by atoms with Gasteiger partial charge < -0.3 is 14.3 Å². The van der Waals surface area contributed by atoms with Gasteiger partial charge in [-0.1, -0.05) is 42.5 Å². The number of aromatic carboxylic acids is 1. The van der Waals surface area contributed by atoms with E-state index in [0.29, 0.717) is 17.1 Å². The van der Waals surface area contributed by atoms with Crippen LogP contribution in [0.4, 0.5) is 0 Å². The minimum atomic E-state index is -1.26. The topological polar surface area (TPSA) is 88.2 Å². The molecule has 128 valence electrons. The number of carboxylic acids is 1. The van der Waals surface area contributed by atoms with Gasteiger partial charge in [0.15, 0.2) is 0 Å². The van der Waals surface area contributed by atoms with Crippen molar-refractivity contribution in [3.8, 4) is 16.9 Å². The Hall–Kier alpha value is -3.67. The summed E-state index contributed by atoms with van der Waals surface area (Å²) in [6, 6.07) is 17.0. The van der Waals surface area contributed by atoms with Gasteiger partial charge in [0, 0.05) is 11.6 Å². The zero-order valence-electron chi connectivity index (χ0n) is 13.8. The molecular weight excluding hydrogens is 332 g/mol. The molecule has 0 aliphatic heterocycles. The van der Waals surface area contributed by atoms with Crippen LogP contribution < -0.4 is 10.7 Å². The number of carbonyl (C=O) groups excluding carboxylic acids is 1. The third kappa shape index (κ3) is 2.57. The molecule has 0 fully saturated rings. The summed E-state index contributed by atoms with van der Waals surface area (Å²) in [6.07, 6.45) is 0. The summed E-state index contributed by atoms with van der Waals surface area (Å²) in [4.78, 5) is 22.8. The van der Waals surface area contributed by atoms with E-state index in [-0.39, 0.29) is 5.56 Å². The third-order valence-electron chi connectivity index (χ3n) is 4.16. The number of hydrogen-bond donors (Lipinski definition) is 0. The summed E-state index contributed by atoms with van der Waals surface area (Å²) in [5.41, 5.74) is 2.82. The van der Waals surface area contributed by atoms with Gasteiger partial charge in [-0.15, -0.1) is 0 Å². The summed E-state index contributed by atoms with van der Waals surface area (Å²) < 4.78 is 6.93. The second kappa shape index (κ2) is 6.00. The first-order valence-corrected chi connectivity index (χ1v) is 7.95. The molecule has 4 rings (SSSR count). The second-order valence-electron chi connectivity index (χ2n) is 5.89. The van der Waals surface area contributed by atoms with Crippen molar-refractivity contribution in [2.75, 3.05) is 0 Å². The Labute approximate surface area is 147 Å². The lowest BCUT2D eigenvalue weighted by Crippen LogP contribution is -2.22. The molecule has 0 radical (unpaired) electrons. The highest BCUT2D eigenvalue weighted by Crippen LogP contribution is 2.31. The predicted octanol–water partition coefficient (Wildman–Crippen LogP) is 2.32. The van der Waals surface area contributed by atoms with Crippen LogP contribution in [0.2, 0.25) is 0 Å². The van der Waals surface area contributed by atoms with Crippen LogP contribution in [0, 0.1) is 6.92 Å². The van der Waals surface area contributed by atoms with E-state index in [1.165, 1.54) is 22.9 Å². The molecule has 4 aromatic rings. The van der Waals surface area contributed by atoms with Gasteiger partial charge in [0.1, 0.15) is 5.69 Å². The van der Waals surface area contributed by atoms with Crippen LogP contribution in [0.3, 0.4) is 0 Å². The van der Waals surface area contributed by atoms with Crippen LogP contribution in [-0.4, -0.2) is 15.7 Å². The molecule has 2 heterocycles. The highest BCUT2D eigenvalue weighted by Gasteiger charge is 2.18. The predicted molar refractivity (Wildman–Crippen MR) is 94.1 cm³/mol. The number of rotatable bonds is 3. The molecule has 0 aliphatic carbocycles. The third-order valence-corrected chi connectivity index (χ3v) is 4.16. The van der Waals surface area contributed by atoms with Gasteiger partial charge in [-0.2, -0.15) is 9.78 Å². The Morgan fingerprint density at radius 3 is 2.42 bits per heavy atom. The molecule has 0 bridgehead atoms. The minimum absolute atomic E-state index is 0.0612. The largest absolute Gasteiger partial charge is 0.545 e. The van der Waals surface area contributed by atoms with Crippen molar-refractivity contribution in [1.29, 1.82) is 0 Å². The number of fused-ring (bicyclic) bond motifs is 1. The first-order valence-electron chi connectivity index (χ1n) is 7.95. The molecule has 2 aromatic carbocycles. The van der Waals surface area contributed by atoms with Gasteiger partial charge in [0.25, 0.3) is 0 Å². The van der Waals surface area contributed by atoms with Gasteiger partial charge in [-0.3, -0.25) is 0 Å². The van der Waals surface area contributed by atoms with Crippen LogP contribution >= 0.6 is 0 Å². The van der Waals surface area contributed by atoms with Gasteiger partial charge in [-0.05, 0) is 30.2 Å². The maximum Gasteiger partial charge on any atom is 0.337 e. The molecular formula is C20H13N2O4-. The van der Waals surface area contributed by atoms with Crippen LogP contribution in [-0.2, 0) is 0 Å². The summed E-state index contributed by atoms with van der Waals surface area (Å²) in [5.74, 6) is -1.26. The molecule has 0 spiro atoms. The van der Waals surface area contributed by atoms with Gasteiger partial charge in [0.05, 0.1) is 17.0 Å². The fourth-order valence-corrected chi connectivity index (χ4v) is 2.94. The first kappa shape index (κ1) is 15.8. The Morgan fingerprint density at radius 2 is 1.77 bits per heavy atom. The zero-order chi connectivity index (χ0) is 18.3. The maximum atomic E-state index is 11.9. The Morgan fingerprint density at radius 1 is 1.08 bits per heavy atom. The molecule has 0 aliphatic rings. The number of carbonyl (C=O) groups is 1. The van der Waals surface area contributed by atoms with E-state index in [0.717, 1.165) is 16.5 Å². The molecule has 0 saturated heterocycles. The Kier molecular flexibility index (Phi) is 3.65. The van der Waals surface area contributed by atoms with Crippen molar-refractivity contribution >= 4 is 17.1 Å². The lowest BCUT2D eigenvalue weighted by molar-refractivity contribution is -0.255. The number of benzene rings is 2. The first-order chi connectivity index (χ1) is 12.5. The van der Waals surface area contributed by atoms with Crippen molar-refractivity contribution in [3.05, 3.63) is 82.2 Å². The number of nitrogens with zero attached hydrogens (tertiary/aromatic N) is 2. The molecule has 0 N–H and O–H groups in total. The molecule has 6 heteroatoms. The van der Waals surface area contributed by atoms with E-state index >= 15 is 0 Å². The summed E-state index contributed by atoms with van der Waals surface area (Å²) in [7, 11) is 0. The smallest absolute Gasteiger partial charge is 0.337 e. The normalized spacial score (nSPS) is 11.0. The van der Waals surface area contributed by atoms with Crippen molar-refractivity contribution in [2.24, 2.45) is 0 Å². The molecule has 6 nitrogen and oxygen atoms in total. The van der Waals surface area contributed by atoms with Crippen molar-refractivity contribution < 1.29 is 14.3 Å². The van der Waals surface area contributed by atoms with Crippen LogP contribution in [0.1, 0.15) is 15.9 Å². The lowest BCUT2D eigenvalue weighted by Gasteiger charge is -2.05. The van der Waals surface area contributed by atoms with E-state index in [1.807, 2.05) is 37.3 Å². The average molecular weight is 345 g/mol. The molecule has 0 saturated carbocycles. The van der Waals surface area contributed by atoms with Crippen LogP contribution in [0.25, 0.3) is 28.0 Å². The van der Waals surface area contributed by atoms with E-state index in [1.54, 1.807) is 12.1 Å². The summed E-state index contributed by atoms with van der Waals surface area (Å²) in [6.45, 7) is 1.83. The van der Waals surface area contributed by atoms with Crippen molar-refractivity contribution in [2.45, 2.75) is 6.92 Å². The van der Waals surface area contributed by atoms with E-state index in [4.69, 9.17) is 4.42 Å². The Balaban J connectivity index is 2.01. The molecule has 26 heavy (non-hydrogen) atoms. The quantitative estimate of drug-likeness (QED) is 0.568. The van der Waals surface area contributed by atoms with Gasteiger partial charge in [-0.25, -0.2) is 4.79 Å². The molecule has 0 amide bonds. The zero-order valence-corrected chi connectivity index (χ0v) is 13.8. The van der Waals surface area contributed by atoms with E-state index in [9.17, 15) is 14.7 Å². The van der Waals surface area contributed by atoms with Gasteiger partial charge >= 0.3 is 5.63 Å². The van der Waals surface area contributed by atoms with Crippen LogP contribution in [0.5, 0.6) is 0 Å². The monoisotopic (exact) mass is 345 g/mol. The number of aromatic nitrogens is 2. The Bertz CT molecular complexity index is 1170. The fourth-order valence-electron chi connectivity index (χ4n) is 2.94. The highest BCUT2D eigenvalue weighted by molar-refractivity contribution is 5.93. The lowest BCUT2D eigenvalue weighted by atomic mass is 10.1. The fraction of sp³-hybridized carbons (Fsp3) is 0.0500. The maximum absolute atomic E-state index is 11.9. The van der Waals surface area contributed by atoms with E-state index < -0.39 is 11.6 Å². The number of hydrogen-bond acceptors (Lipinski definition) is 5. The summed E-state index contributed by atoms with van der Waals surface area (Å²) in [5, 5.41) is 16.3. The van der Waals surface area contributed by atoms with Crippen molar-refractivity contribution in [1.82, 2.24) is 9.78 Å². The van der Waals surface area contributed by atoms with E-state index in [2.05, 4.69) is 5.10 Å². The molecule has 0 unspecified atom stereocenters. The highest BCUT2D eigenvalue weighted by atomic mass is 16.4. The van der Waals surface area contributed by atoms with Crippen LogP contribution in [0.15, 0.2) is 69.9 Å². The number of carboxylic acid groups (broad SMARTS) is 1. The standard InChI is InChI=1S/C20H14N2O4/c1-12-11-16(23)26-19-17(12)18(13-5-3-2-4-6-13)21-22(19)15-9-7-14(8-10-15)20(24)25/h2-11H,1H3,(H,24,25)/p-1. The molecule has 0 atom stereocenters. The number of aryl methyl sites for hydroxylation is 1. The average Bonchev–Trinajstić information content (AvgIpc) is 3.02. The van der Waals surface area contributed by atoms with Gasteiger partial charge in [0.2, 0.25) is 5.71 Å². The second-order valence-corrected chi connectivity index (χ2v) is 5.89. The molecule has 2 aromatic heterocycles. The summed E-state index contributed by atoms with van der Waals surface area (Å²) >= 11 is 0. The SMILES string of the molecule is Cc1cc(=O)oc2c1c(-c1ccccc1)nn2-c1ccc(C(=O)[O-])cc1. The minimum Gasteiger partial charge on any atom is -0.545 e.